The van der Waals surface area contributed by atoms with Crippen LogP contribution in [-0.4, -0.2) is 31.7 Å². The smallest absolute Gasteiger partial charge is 0.307 e. The number of hydrogen-bond acceptors (Lipinski definition) is 4. The molecular formula is C15H16N4O3. The minimum Gasteiger partial charge on any atom is -0.481 e. The summed E-state index contributed by atoms with van der Waals surface area (Å²) < 4.78 is 1.61. The molecule has 114 valence electrons. The van der Waals surface area contributed by atoms with E-state index in [-0.39, 0.29) is 5.91 Å². The molecule has 0 bridgehead atoms. The van der Waals surface area contributed by atoms with Gasteiger partial charge in [-0.05, 0) is 29.7 Å². The highest BCUT2D eigenvalue weighted by atomic mass is 16.4. The molecule has 1 aromatic heterocycles. The van der Waals surface area contributed by atoms with Crippen molar-refractivity contribution in [2.24, 2.45) is 17.3 Å². The number of aliphatic carboxylic acids is 1. The molecule has 3 rings (SSSR count). The minimum absolute atomic E-state index is 0.258. The largest absolute Gasteiger partial charge is 0.481 e. The van der Waals surface area contributed by atoms with E-state index in [0.29, 0.717) is 5.69 Å². The quantitative estimate of drug-likeness (QED) is 0.893. The molecule has 2 N–H and O–H groups in total. The molecule has 2 aromatic rings. The zero-order chi connectivity index (χ0) is 15.9. The van der Waals surface area contributed by atoms with Crippen LogP contribution >= 0.6 is 0 Å². The van der Waals surface area contributed by atoms with Crippen LogP contribution in [0.1, 0.15) is 13.8 Å². The summed E-state index contributed by atoms with van der Waals surface area (Å²) in [5, 5.41) is 15.9. The van der Waals surface area contributed by atoms with E-state index in [4.69, 9.17) is 5.11 Å². The van der Waals surface area contributed by atoms with Crippen molar-refractivity contribution in [1.82, 2.24) is 14.8 Å². The van der Waals surface area contributed by atoms with Gasteiger partial charge < -0.3 is 10.4 Å². The molecule has 0 aliphatic heterocycles. The lowest BCUT2D eigenvalue weighted by Crippen LogP contribution is -2.17. The number of amides is 1. The topological polar surface area (TPSA) is 97.1 Å². The van der Waals surface area contributed by atoms with Gasteiger partial charge in [0.2, 0.25) is 5.91 Å². The Hall–Kier alpha value is -2.70. The summed E-state index contributed by atoms with van der Waals surface area (Å²) >= 11 is 0. The van der Waals surface area contributed by atoms with Crippen LogP contribution in [0.2, 0.25) is 0 Å². The minimum atomic E-state index is -0.924. The standard InChI is InChI=1S/C15H16N4O3/c1-15(2)11(12(15)14(21)22)13(20)18-9-3-5-10(6-4-9)19-8-16-7-17-19/h3-8,11-12H,1-2H3,(H,18,20)(H,21,22). The van der Waals surface area contributed by atoms with Gasteiger partial charge in [0.15, 0.2) is 0 Å². The Morgan fingerprint density at radius 3 is 2.41 bits per heavy atom. The molecule has 1 heterocycles. The second-order valence-electron chi connectivity index (χ2n) is 5.99. The third kappa shape index (κ3) is 2.34. The van der Waals surface area contributed by atoms with Gasteiger partial charge in [0, 0.05) is 5.69 Å². The van der Waals surface area contributed by atoms with E-state index in [0.717, 1.165) is 5.69 Å². The molecule has 0 radical (unpaired) electrons. The van der Waals surface area contributed by atoms with Gasteiger partial charge in [-0.15, -0.1) is 0 Å². The Bertz CT molecular complexity index is 707. The van der Waals surface area contributed by atoms with Gasteiger partial charge in [0.1, 0.15) is 12.7 Å². The maximum Gasteiger partial charge on any atom is 0.307 e. The maximum atomic E-state index is 12.2. The SMILES string of the molecule is CC1(C)C(C(=O)O)C1C(=O)Nc1ccc(-n2cncn2)cc1. The number of carbonyl (C=O) groups is 2. The lowest BCUT2D eigenvalue weighted by Gasteiger charge is -2.07. The van der Waals surface area contributed by atoms with E-state index in [1.54, 1.807) is 49.1 Å². The lowest BCUT2D eigenvalue weighted by atomic mass is 10.1. The average molecular weight is 300 g/mol. The van der Waals surface area contributed by atoms with Crippen molar-refractivity contribution >= 4 is 17.6 Å². The van der Waals surface area contributed by atoms with Crippen LogP contribution in [0.3, 0.4) is 0 Å². The second kappa shape index (κ2) is 4.94. The number of nitrogens with one attached hydrogen (secondary N) is 1. The molecule has 0 spiro atoms. The normalized spacial score (nSPS) is 22.1. The first kappa shape index (κ1) is 14.2. The Morgan fingerprint density at radius 1 is 1.23 bits per heavy atom. The Morgan fingerprint density at radius 2 is 1.91 bits per heavy atom. The second-order valence-corrected chi connectivity index (χ2v) is 5.99. The number of carboxylic acids is 1. The number of hydrogen-bond donors (Lipinski definition) is 2. The Kier molecular flexibility index (Phi) is 3.20. The van der Waals surface area contributed by atoms with Crippen LogP contribution in [0, 0.1) is 17.3 Å². The number of rotatable bonds is 4. The molecule has 1 aromatic carbocycles. The first-order chi connectivity index (χ1) is 10.4. The van der Waals surface area contributed by atoms with Gasteiger partial charge >= 0.3 is 5.97 Å². The number of nitrogens with zero attached hydrogens (tertiary/aromatic N) is 3. The molecule has 2 unspecified atom stereocenters. The van der Waals surface area contributed by atoms with Crippen molar-refractivity contribution in [2.45, 2.75) is 13.8 Å². The molecule has 1 saturated carbocycles. The Balaban J connectivity index is 1.69. The Labute approximate surface area is 127 Å². The summed E-state index contributed by atoms with van der Waals surface area (Å²) in [6.07, 6.45) is 3.02. The molecule has 7 nitrogen and oxygen atoms in total. The number of carboxylic acid groups (broad SMARTS) is 1. The highest BCUT2D eigenvalue weighted by molar-refractivity contribution is 5.99. The van der Waals surface area contributed by atoms with E-state index in [1.165, 1.54) is 6.33 Å². The van der Waals surface area contributed by atoms with Gasteiger partial charge in [-0.25, -0.2) is 9.67 Å². The molecule has 7 heteroatoms. The van der Waals surface area contributed by atoms with Crippen LogP contribution in [0.25, 0.3) is 5.69 Å². The van der Waals surface area contributed by atoms with E-state index in [9.17, 15) is 9.59 Å². The maximum absolute atomic E-state index is 12.2. The summed E-state index contributed by atoms with van der Waals surface area (Å²) in [5.41, 5.74) is 0.947. The predicted octanol–water partition coefficient (Wildman–Crippen LogP) is 1.56. The summed E-state index contributed by atoms with van der Waals surface area (Å²) in [7, 11) is 0. The molecule has 0 saturated heterocycles. The van der Waals surface area contributed by atoms with E-state index >= 15 is 0 Å². The lowest BCUT2D eigenvalue weighted by molar-refractivity contribution is -0.140. The number of aromatic nitrogens is 3. The summed E-state index contributed by atoms with van der Waals surface area (Å²) in [6, 6.07) is 7.11. The molecule has 1 aliphatic carbocycles. The summed E-state index contributed by atoms with van der Waals surface area (Å²) in [5.74, 6) is -2.31. The van der Waals surface area contributed by atoms with Crippen LogP contribution in [-0.2, 0) is 9.59 Å². The van der Waals surface area contributed by atoms with Crippen LogP contribution in [0.15, 0.2) is 36.9 Å². The zero-order valence-corrected chi connectivity index (χ0v) is 12.2. The first-order valence-corrected chi connectivity index (χ1v) is 6.90. The molecule has 1 fully saturated rings. The van der Waals surface area contributed by atoms with Gasteiger partial charge in [0.05, 0.1) is 17.5 Å². The third-order valence-electron chi connectivity index (χ3n) is 4.19. The van der Waals surface area contributed by atoms with Gasteiger partial charge in [-0.3, -0.25) is 9.59 Å². The monoisotopic (exact) mass is 300 g/mol. The molecule has 1 aliphatic rings. The van der Waals surface area contributed by atoms with Crippen LogP contribution < -0.4 is 5.32 Å². The summed E-state index contributed by atoms with van der Waals surface area (Å²) in [6.45, 7) is 3.59. The van der Waals surface area contributed by atoms with Crippen molar-refractivity contribution in [1.29, 1.82) is 0 Å². The van der Waals surface area contributed by atoms with Crippen molar-refractivity contribution in [3.63, 3.8) is 0 Å². The predicted molar refractivity (Wildman–Crippen MR) is 78.4 cm³/mol. The number of benzene rings is 1. The first-order valence-electron chi connectivity index (χ1n) is 6.90. The molecule has 1 amide bonds. The fourth-order valence-corrected chi connectivity index (χ4v) is 2.85. The zero-order valence-electron chi connectivity index (χ0n) is 12.2. The number of anilines is 1. The number of carbonyl (C=O) groups excluding carboxylic acids is 1. The van der Waals surface area contributed by atoms with E-state index in [1.807, 2.05) is 0 Å². The van der Waals surface area contributed by atoms with Gasteiger partial charge in [0.25, 0.3) is 0 Å². The highest BCUT2D eigenvalue weighted by Gasteiger charge is 2.65. The van der Waals surface area contributed by atoms with Gasteiger partial charge in [-0.1, -0.05) is 13.8 Å². The van der Waals surface area contributed by atoms with Gasteiger partial charge in [-0.2, -0.15) is 5.10 Å². The molecule has 22 heavy (non-hydrogen) atoms. The highest BCUT2D eigenvalue weighted by Crippen LogP contribution is 2.58. The molecular weight excluding hydrogens is 284 g/mol. The average Bonchev–Trinajstić information content (AvgIpc) is 2.84. The van der Waals surface area contributed by atoms with Crippen molar-refractivity contribution < 1.29 is 14.7 Å². The summed E-state index contributed by atoms with van der Waals surface area (Å²) in [4.78, 5) is 27.2. The third-order valence-corrected chi connectivity index (χ3v) is 4.19. The van der Waals surface area contributed by atoms with Crippen molar-refractivity contribution in [2.75, 3.05) is 5.32 Å². The van der Waals surface area contributed by atoms with Crippen LogP contribution in [0.4, 0.5) is 5.69 Å². The van der Waals surface area contributed by atoms with Crippen molar-refractivity contribution in [3.8, 4) is 5.69 Å². The van der Waals surface area contributed by atoms with E-state index in [2.05, 4.69) is 15.4 Å². The van der Waals surface area contributed by atoms with Crippen molar-refractivity contribution in [3.05, 3.63) is 36.9 Å². The fourth-order valence-electron chi connectivity index (χ4n) is 2.85. The van der Waals surface area contributed by atoms with E-state index < -0.39 is 23.2 Å². The fraction of sp³-hybridized carbons (Fsp3) is 0.333. The van der Waals surface area contributed by atoms with Crippen LogP contribution in [0.5, 0.6) is 0 Å². The molecule has 2 atom stereocenters.